The third-order valence-electron chi connectivity index (χ3n) is 0. The monoisotopic (exact) mass is 207 g/mol. The van der Waals surface area contributed by atoms with Crippen molar-refractivity contribution in [3.8, 4) is 0 Å². The zero-order valence-corrected chi connectivity index (χ0v) is 7.04. The zero-order chi connectivity index (χ0) is 3.58. The van der Waals surface area contributed by atoms with Gasteiger partial charge in [-0.2, -0.15) is 0 Å². The second-order valence-corrected chi connectivity index (χ2v) is 0.283. The van der Waals surface area contributed by atoms with Crippen LogP contribution in [0.5, 0.6) is 0 Å². The molecular weight excluding hydrogens is 205 g/mol. The van der Waals surface area contributed by atoms with Crippen LogP contribution in [0.2, 0.25) is 0 Å². The van der Waals surface area contributed by atoms with Gasteiger partial charge in [-0.1, -0.05) is 0 Å². The summed E-state index contributed by atoms with van der Waals surface area (Å²) in [5.74, 6) is 0. The van der Waals surface area contributed by atoms with Crippen molar-refractivity contribution in [3.63, 3.8) is 0 Å². The third-order valence-corrected chi connectivity index (χ3v) is 0. The van der Waals surface area contributed by atoms with Gasteiger partial charge in [-0.25, -0.2) is 4.79 Å². The smallest absolute Gasteiger partial charge is 0.450 e. The van der Waals surface area contributed by atoms with E-state index in [4.69, 9.17) is 15.0 Å². The summed E-state index contributed by atoms with van der Waals surface area (Å²) in [5, 5.41) is 13.9. The molecule has 0 aliphatic heterocycles. The second-order valence-electron chi connectivity index (χ2n) is 0.283. The Labute approximate surface area is 80.2 Å². The van der Waals surface area contributed by atoms with Crippen LogP contribution < -0.4 is 0 Å². The topological polar surface area (TPSA) is 57.5 Å². The Hall–Kier alpha value is 1.18. The van der Waals surface area contributed by atoms with E-state index in [2.05, 4.69) is 0 Å². The molecule has 2 N–H and O–H groups in total. The van der Waals surface area contributed by atoms with Crippen molar-refractivity contribution in [1.82, 2.24) is 0 Å². The Kier molecular flexibility index (Phi) is 54.1. The molecule has 7 heavy (non-hydrogen) atoms. The molecule has 0 atom stereocenters. The SMILES string of the molecule is O=C(O)O.[MgH2].[Mn].[Zn]. The summed E-state index contributed by atoms with van der Waals surface area (Å²) in [6.45, 7) is 0. The molecule has 0 aliphatic rings. The number of hydrogen-bond donors (Lipinski definition) is 2. The van der Waals surface area contributed by atoms with Gasteiger partial charge in [0.1, 0.15) is 0 Å². The van der Waals surface area contributed by atoms with Gasteiger partial charge in [0, 0.05) is 36.5 Å². The van der Waals surface area contributed by atoms with E-state index in [0.29, 0.717) is 0 Å². The summed E-state index contributed by atoms with van der Waals surface area (Å²) in [5.41, 5.74) is 0. The maximum atomic E-state index is 8.56. The maximum absolute atomic E-state index is 8.56. The molecule has 3 nitrogen and oxygen atoms in total. The molecule has 0 saturated heterocycles. The Morgan fingerprint density at radius 3 is 1.29 bits per heavy atom. The molecule has 0 saturated carbocycles. The van der Waals surface area contributed by atoms with E-state index in [0.717, 1.165) is 0 Å². The van der Waals surface area contributed by atoms with Gasteiger partial charge in [0.2, 0.25) is 0 Å². The number of hydrogen-bond acceptors (Lipinski definition) is 1. The molecule has 1 radical (unpaired) electrons. The molecule has 37 valence electrons. The van der Waals surface area contributed by atoms with E-state index in [1.165, 1.54) is 0 Å². The fraction of sp³-hybridized carbons (Fsp3) is 0. The van der Waals surface area contributed by atoms with Gasteiger partial charge in [-0.3, -0.25) is 0 Å². The third kappa shape index (κ3) is 139. The number of carboxylic acid groups (broad SMARTS) is 2. The first-order valence-electron chi connectivity index (χ1n) is 0.651. The Bertz CT molecular complexity index is 37.9. The molecule has 0 heterocycles. The van der Waals surface area contributed by atoms with Crippen LogP contribution in [0.1, 0.15) is 0 Å². The van der Waals surface area contributed by atoms with Crippen LogP contribution in [-0.4, -0.2) is 39.4 Å². The van der Waals surface area contributed by atoms with Crippen molar-refractivity contribution >= 4 is 29.2 Å². The standard InChI is InChI=1S/CH2O3.Mg.Mn.Zn.2H/c2-1(3)4;;;;;/h(H2,2,3,4);;;;;. The zero-order valence-electron chi connectivity index (χ0n) is 2.89. The first-order valence-corrected chi connectivity index (χ1v) is 0.651. The van der Waals surface area contributed by atoms with Gasteiger partial charge in [-0.05, 0) is 0 Å². The van der Waals surface area contributed by atoms with Crippen molar-refractivity contribution in [2.45, 2.75) is 0 Å². The van der Waals surface area contributed by atoms with E-state index in [9.17, 15) is 0 Å². The minimum absolute atomic E-state index is 0. The second kappa shape index (κ2) is 15.7. The maximum Gasteiger partial charge on any atom is 0.503 e. The van der Waals surface area contributed by atoms with Crippen LogP contribution in [0.4, 0.5) is 4.79 Å². The van der Waals surface area contributed by atoms with Crippen molar-refractivity contribution in [2.24, 2.45) is 0 Å². The largest absolute Gasteiger partial charge is 0.503 e. The molecular formula is CH4MgMnO3Zn. The van der Waals surface area contributed by atoms with Crippen molar-refractivity contribution in [2.75, 3.05) is 0 Å². The molecule has 0 unspecified atom stereocenters. The average molecular weight is 209 g/mol. The summed E-state index contributed by atoms with van der Waals surface area (Å²) in [6.07, 6.45) is -1.83. The van der Waals surface area contributed by atoms with Crippen LogP contribution in [0, 0.1) is 0 Å². The van der Waals surface area contributed by atoms with Crippen LogP contribution in [0.3, 0.4) is 0 Å². The molecule has 0 aromatic carbocycles. The van der Waals surface area contributed by atoms with Crippen molar-refractivity contribution in [1.29, 1.82) is 0 Å². The van der Waals surface area contributed by atoms with E-state index >= 15 is 0 Å². The first-order chi connectivity index (χ1) is 1.73. The Morgan fingerprint density at radius 2 is 1.29 bits per heavy atom. The Balaban J connectivity index is -0.0000000150. The summed E-state index contributed by atoms with van der Waals surface area (Å²) in [4.78, 5) is 8.56. The molecule has 0 amide bonds. The van der Waals surface area contributed by atoms with Gasteiger partial charge < -0.3 is 10.2 Å². The predicted molar refractivity (Wildman–Crippen MR) is 19.2 cm³/mol. The minimum Gasteiger partial charge on any atom is -0.450 e. The normalized spacial score (nSPS) is 3.43. The van der Waals surface area contributed by atoms with Crippen molar-refractivity contribution in [3.05, 3.63) is 0 Å². The summed E-state index contributed by atoms with van der Waals surface area (Å²) < 4.78 is 0. The molecule has 6 heteroatoms. The van der Waals surface area contributed by atoms with E-state index in [1.807, 2.05) is 0 Å². The van der Waals surface area contributed by atoms with Crippen LogP contribution in [0.15, 0.2) is 0 Å². The molecule has 0 aromatic rings. The summed E-state index contributed by atoms with van der Waals surface area (Å²) >= 11 is 0. The van der Waals surface area contributed by atoms with Gasteiger partial charge in [-0.15, -0.1) is 0 Å². The van der Waals surface area contributed by atoms with E-state index in [1.54, 1.807) is 0 Å². The molecule has 0 bridgehead atoms. The average Bonchev–Trinajstić information content (AvgIpc) is 0.811. The summed E-state index contributed by atoms with van der Waals surface area (Å²) in [6, 6.07) is 0. The van der Waals surface area contributed by atoms with Gasteiger partial charge >= 0.3 is 29.2 Å². The summed E-state index contributed by atoms with van der Waals surface area (Å²) in [7, 11) is 0. The van der Waals surface area contributed by atoms with Crippen LogP contribution in [-0.2, 0) is 36.5 Å². The number of carbonyl (C=O) groups is 1. The van der Waals surface area contributed by atoms with Gasteiger partial charge in [0.15, 0.2) is 0 Å². The molecule has 0 rings (SSSR count). The molecule has 0 fully saturated rings. The quantitative estimate of drug-likeness (QED) is 0.518. The molecule has 0 aromatic heterocycles. The fourth-order valence-corrected chi connectivity index (χ4v) is 0. The predicted octanol–water partition coefficient (Wildman–Crippen LogP) is -0.699. The van der Waals surface area contributed by atoms with Crippen molar-refractivity contribution < 1.29 is 51.6 Å². The fourth-order valence-electron chi connectivity index (χ4n) is 0. The van der Waals surface area contributed by atoms with Crippen LogP contribution in [0.25, 0.3) is 0 Å². The Morgan fingerprint density at radius 1 is 1.29 bits per heavy atom. The minimum atomic E-state index is -1.83. The van der Waals surface area contributed by atoms with Gasteiger partial charge in [0.05, 0.1) is 0 Å². The van der Waals surface area contributed by atoms with E-state index < -0.39 is 6.16 Å². The first kappa shape index (κ1) is 24.1. The van der Waals surface area contributed by atoms with Gasteiger partial charge in [0.25, 0.3) is 0 Å². The van der Waals surface area contributed by atoms with E-state index in [-0.39, 0.29) is 59.6 Å². The molecule has 0 aliphatic carbocycles. The number of rotatable bonds is 0. The molecule has 0 spiro atoms. The van der Waals surface area contributed by atoms with Crippen LogP contribution >= 0.6 is 0 Å².